The highest BCUT2D eigenvalue weighted by molar-refractivity contribution is 5.76. The number of carbonyl (C=O) groups is 1. The highest BCUT2D eigenvalue weighted by Gasteiger charge is 2.44. The summed E-state index contributed by atoms with van der Waals surface area (Å²) < 4.78 is 11.2. The number of amides is 1. The van der Waals surface area contributed by atoms with Crippen LogP contribution in [0.3, 0.4) is 0 Å². The molecule has 0 aromatic heterocycles. The van der Waals surface area contributed by atoms with Crippen LogP contribution in [-0.4, -0.2) is 87.5 Å². The zero-order valence-corrected chi connectivity index (χ0v) is 34.9. The van der Waals surface area contributed by atoms with E-state index in [-0.39, 0.29) is 12.5 Å². The third-order valence-electron chi connectivity index (χ3n) is 10.4. The first-order valence-electron chi connectivity index (χ1n) is 22.3. The largest absolute Gasteiger partial charge is 0.394 e. The molecule has 0 aliphatic carbocycles. The van der Waals surface area contributed by atoms with E-state index in [1.807, 2.05) is 0 Å². The minimum atomic E-state index is -1.55. The van der Waals surface area contributed by atoms with E-state index in [4.69, 9.17) is 9.47 Å². The molecule has 320 valence electrons. The highest BCUT2D eigenvalue weighted by Crippen LogP contribution is 2.23. The van der Waals surface area contributed by atoms with Crippen molar-refractivity contribution in [2.45, 2.75) is 224 Å². The number of ether oxygens (including phenoxy) is 2. The first-order chi connectivity index (χ1) is 26.8. The van der Waals surface area contributed by atoms with Crippen LogP contribution in [0.25, 0.3) is 0 Å². The molecule has 1 aliphatic rings. The van der Waals surface area contributed by atoms with Crippen molar-refractivity contribution in [1.82, 2.24) is 5.32 Å². The van der Waals surface area contributed by atoms with Gasteiger partial charge in [0.1, 0.15) is 24.4 Å². The SMILES string of the molecule is CC/C=C\C/C=C\C/C=C\C/C=C\CCCCCCCCCCCCC(=O)NC(COC1OC(CO)C(O)C(O)C1O)C(O)CCCCCCCCCCC. The second kappa shape index (κ2) is 36.5. The Kier molecular flexibility index (Phi) is 33.9. The van der Waals surface area contributed by atoms with Gasteiger partial charge in [-0.2, -0.15) is 0 Å². The van der Waals surface area contributed by atoms with Crippen molar-refractivity contribution < 1.29 is 39.8 Å². The van der Waals surface area contributed by atoms with Gasteiger partial charge in [-0.15, -0.1) is 0 Å². The Balaban J connectivity index is 2.25. The standard InChI is InChI=1S/C46H83NO8/c1-3-5-7-9-11-13-14-15-16-17-18-19-20-21-22-23-24-25-26-28-30-32-34-36-42(50)47-39(40(49)35-33-31-29-27-12-10-8-6-4-2)38-54-46-45(53)44(52)43(51)41(37-48)55-46/h5,7,11,13,15-16,18-19,39-41,43-46,48-49,51-53H,3-4,6,8-10,12,14,17,20-38H2,1-2H3,(H,47,50)/b7-5-,13-11-,16-15-,19-18-. The summed E-state index contributed by atoms with van der Waals surface area (Å²) in [7, 11) is 0. The zero-order valence-electron chi connectivity index (χ0n) is 34.9. The molecule has 1 amide bonds. The predicted molar refractivity (Wildman–Crippen MR) is 226 cm³/mol. The highest BCUT2D eigenvalue weighted by atomic mass is 16.7. The van der Waals surface area contributed by atoms with Gasteiger partial charge in [-0.1, -0.05) is 172 Å². The summed E-state index contributed by atoms with van der Waals surface area (Å²) in [6, 6.07) is -0.720. The maximum absolute atomic E-state index is 12.9. The molecule has 0 radical (unpaired) electrons. The van der Waals surface area contributed by atoms with Crippen LogP contribution in [0.5, 0.6) is 0 Å². The van der Waals surface area contributed by atoms with Crippen molar-refractivity contribution in [2.75, 3.05) is 13.2 Å². The molecule has 1 aliphatic heterocycles. The summed E-state index contributed by atoms with van der Waals surface area (Å²) in [5.74, 6) is -0.154. The molecule has 9 nitrogen and oxygen atoms in total. The minimum absolute atomic E-state index is 0.141. The molecule has 0 spiro atoms. The molecule has 9 heteroatoms. The lowest BCUT2D eigenvalue weighted by atomic mass is 9.99. The van der Waals surface area contributed by atoms with Crippen molar-refractivity contribution in [3.05, 3.63) is 48.6 Å². The van der Waals surface area contributed by atoms with E-state index in [2.05, 4.69) is 67.8 Å². The van der Waals surface area contributed by atoms with E-state index in [9.17, 15) is 30.3 Å². The van der Waals surface area contributed by atoms with E-state index >= 15 is 0 Å². The second-order valence-electron chi connectivity index (χ2n) is 15.5. The van der Waals surface area contributed by atoms with Crippen molar-refractivity contribution in [2.24, 2.45) is 0 Å². The smallest absolute Gasteiger partial charge is 0.220 e. The Bertz CT molecular complexity index is 998. The van der Waals surface area contributed by atoms with Gasteiger partial charge in [-0.25, -0.2) is 0 Å². The fraction of sp³-hybridized carbons (Fsp3) is 0.804. The second-order valence-corrected chi connectivity index (χ2v) is 15.5. The lowest BCUT2D eigenvalue weighted by Crippen LogP contribution is -2.60. The van der Waals surface area contributed by atoms with Gasteiger partial charge in [0.15, 0.2) is 6.29 Å². The van der Waals surface area contributed by atoms with E-state index in [1.54, 1.807) is 0 Å². The molecule has 0 saturated carbocycles. The van der Waals surface area contributed by atoms with E-state index < -0.39 is 49.5 Å². The number of carbonyl (C=O) groups excluding carboxylic acids is 1. The van der Waals surface area contributed by atoms with Crippen LogP contribution in [0, 0.1) is 0 Å². The average Bonchev–Trinajstić information content (AvgIpc) is 3.18. The Morgan fingerprint density at radius 3 is 1.67 bits per heavy atom. The zero-order chi connectivity index (χ0) is 40.2. The van der Waals surface area contributed by atoms with Gasteiger partial charge < -0.3 is 40.3 Å². The summed E-state index contributed by atoms with van der Waals surface area (Å²) in [6.07, 6.45) is 38.4. The topological polar surface area (TPSA) is 149 Å². The van der Waals surface area contributed by atoms with Crippen LogP contribution in [-0.2, 0) is 14.3 Å². The van der Waals surface area contributed by atoms with Crippen molar-refractivity contribution in [3.8, 4) is 0 Å². The van der Waals surface area contributed by atoms with Crippen LogP contribution < -0.4 is 5.32 Å². The number of hydrogen-bond donors (Lipinski definition) is 6. The quantitative estimate of drug-likeness (QED) is 0.0273. The maximum Gasteiger partial charge on any atom is 0.220 e. The van der Waals surface area contributed by atoms with Gasteiger partial charge >= 0.3 is 0 Å². The van der Waals surface area contributed by atoms with Gasteiger partial charge in [0.05, 0.1) is 25.4 Å². The molecule has 0 aromatic rings. The van der Waals surface area contributed by atoms with E-state index in [0.29, 0.717) is 12.8 Å². The number of hydrogen-bond acceptors (Lipinski definition) is 8. The van der Waals surface area contributed by atoms with Crippen LogP contribution in [0.1, 0.15) is 181 Å². The van der Waals surface area contributed by atoms with Crippen LogP contribution >= 0.6 is 0 Å². The molecular weight excluding hydrogens is 695 g/mol. The number of rotatable bonds is 36. The lowest BCUT2D eigenvalue weighted by Gasteiger charge is -2.40. The molecule has 55 heavy (non-hydrogen) atoms. The first-order valence-corrected chi connectivity index (χ1v) is 22.3. The molecule has 1 heterocycles. The normalized spacial score (nSPS) is 21.8. The molecule has 7 unspecified atom stereocenters. The molecule has 0 aromatic carbocycles. The summed E-state index contributed by atoms with van der Waals surface area (Å²) in [5, 5.41) is 54.1. The van der Waals surface area contributed by atoms with Crippen LogP contribution in [0.4, 0.5) is 0 Å². The van der Waals surface area contributed by atoms with Gasteiger partial charge in [0.25, 0.3) is 0 Å². The molecule has 1 saturated heterocycles. The summed E-state index contributed by atoms with van der Waals surface area (Å²) in [6.45, 7) is 3.68. The molecule has 1 fully saturated rings. The Labute approximate surface area is 335 Å². The van der Waals surface area contributed by atoms with Crippen LogP contribution in [0.15, 0.2) is 48.6 Å². The predicted octanol–water partition coefficient (Wildman–Crippen LogP) is 9.06. The molecule has 1 rings (SSSR count). The monoisotopic (exact) mass is 778 g/mol. The minimum Gasteiger partial charge on any atom is -0.394 e. The first kappa shape index (κ1) is 51.2. The Morgan fingerprint density at radius 1 is 0.636 bits per heavy atom. The van der Waals surface area contributed by atoms with Crippen LogP contribution in [0.2, 0.25) is 0 Å². The lowest BCUT2D eigenvalue weighted by molar-refractivity contribution is -0.302. The maximum atomic E-state index is 12.9. The number of aliphatic hydroxyl groups excluding tert-OH is 5. The number of nitrogens with one attached hydrogen (secondary N) is 1. The number of aliphatic hydroxyl groups is 5. The molecule has 0 bridgehead atoms. The van der Waals surface area contributed by atoms with E-state index in [0.717, 1.165) is 70.6 Å². The van der Waals surface area contributed by atoms with Crippen molar-refractivity contribution in [1.29, 1.82) is 0 Å². The van der Waals surface area contributed by atoms with Crippen molar-refractivity contribution >= 4 is 5.91 Å². The summed E-state index contributed by atoms with van der Waals surface area (Å²) in [4.78, 5) is 12.9. The third kappa shape index (κ3) is 27.4. The fourth-order valence-electron chi connectivity index (χ4n) is 6.86. The summed E-state index contributed by atoms with van der Waals surface area (Å²) >= 11 is 0. The molecule has 6 N–H and O–H groups in total. The number of unbranched alkanes of at least 4 members (excludes halogenated alkanes) is 18. The van der Waals surface area contributed by atoms with Gasteiger partial charge in [-0.3, -0.25) is 4.79 Å². The van der Waals surface area contributed by atoms with Gasteiger partial charge in [0, 0.05) is 6.42 Å². The number of allylic oxidation sites excluding steroid dienone is 8. The summed E-state index contributed by atoms with van der Waals surface area (Å²) in [5.41, 5.74) is 0. The fourth-order valence-corrected chi connectivity index (χ4v) is 6.86. The van der Waals surface area contributed by atoms with Crippen molar-refractivity contribution in [3.63, 3.8) is 0 Å². The van der Waals surface area contributed by atoms with E-state index in [1.165, 1.54) is 83.5 Å². The van der Waals surface area contributed by atoms with Gasteiger partial charge in [-0.05, 0) is 51.4 Å². The third-order valence-corrected chi connectivity index (χ3v) is 10.4. The Hall–Kier alpha value is -1.85. The molecular formula is C46H83NO8. The Morgan fingerprint density at radius 2 is 1.13 bits per heavy atom. The average molecular weight is 778 g/mol. The van der Waals surface area contributed by atoms with Gasteiger partial charge in [0.2, 0.25) is 5.91 Å². The molecule has 7 atom stereocenters.